The van der Waals surface area contributed by atoms with Crippen LogP contribution in [0.25, 0.3) is 0 Å². The third kappa shape index (κ3) is 0.826. The topological polar surface area (TPSA) is 17.1 Å². The molecule has 2 aliphatic carbocycles. The number of Topliss-reactive ketones (excluding diaryl/α,β-unsaturated/α-hetero) is 1. The molecule has 2 aliphatic rings. The van der Waals surface area contributed by atoms with Gasteiger partial charge in [0.25, 0.3) is 0 Å². The van der Waals surface area contributed by atoms with Crippen LogP contribution in [0.15, 0.2) is 0 Å². The molecule has 2 atom stereocenters. The Bertz CT molecular complexity index is 217. The second kappa shape index (κ2) is 2.34. The zero-order valence-electron chi connectivity index (χ0n) is 8.15. The minimum Gasteiger partial charge on any atom is -0.299 e. The fourth-order valence-electron chi connectivity index (χ4n) is 3.02. The third-order valence-electron chi connectivity index (χ3n) is 4.19. The Morgan fingerprint density at radius 1 is 1.50 bits per heavy atom. The predicted molar refractivity (Wildman–Crippen MR) is 48.9 cm³/mol. The normalized spacial score (nSPS) is 44.7. The van der Waals surface area contributed by atoms with Crippen LogP contribution in [0.5, 0.6) is 0 Å². The van der Waals surface area contributed by atoms with E-state index in [4.69, 9.17) is 0 Å². The van der Waals surface area contributed by atoms with Crippen molar-refractivity contribution in [2.45, 2.75) is 52.4 Å². The standard InChI is InChI=1S/C11H18O/c1-3-4-6-11-7-5-9(12)10(11,2)8-11/h3-8H2,1-2H3/t10-,11-/m0/s1. The van der Waals surface area contributed by atoms with Crippen LogP contribution in [-0.2, 0) is 4.79 Å². The molecule has 0 aromatic carbocycles. The van der Waals surface area contributed by atoms with Gasteiger partial charge in [-0.3, -0.25) is 4.79 Å². The Balaban J connectivity index is 2.03. The van der Waals surface area contributed by atoms with Crippen molar-refractivity contribution >= 4 is 5.78 Å². The summed E-state index contributed by atoms with van der Waals surface area (Å²) in [5.74, 6) is 0.540. The number of carbonyl (C=O) groups excluding carboxylic acids is 1. The highest BCUT2D eigenvalue weighted by molar-refractivity contribution is 5.91. The Labute approximate surface area is 74.5 Å². The Hall–Kier alpha value is -0.330. The van der Waals surface area contributed by atoms with Crippen molar-refractivity contribution in [1.29, 1.82) is 0 Å². The van der Waals surface area contributed by atoms with Crippen molar-refractivity contribution in [2.75, 3.05) is 0 Å². The van der Waals surface area contributed by atoms with Gasteiger partial charge in [0.05, 0.1) is 0 Å². The van der Waals surface area contributed by atoms with Crippen LogP contribution in [-0.4, -0.2) is 5.78 Å². The van der Waals surface area contributed by atoms with Gasteiger partial charge in [-0.15, -0.1) is 0 Å². The Kier molecular flexibility index (Phi) is 1.61. The Morgan fingerprint density at radius 2 is 2.25 bits per heavy atom. The number of unbranched alkanes of at least 4 members (excludes halogenated alkanes) is 1. The smallest absolute Gasteiger partial charge is 0.139 e. The summed E-state index contributed by atoms with van der Waals surface area (Å²) in [6.45, 7) is 4.41. The molecule has 0 aliphatic heterocycles. The maximum absolute atomic E-state index is 11.5. The van der Waals surface area contributed by atoms with Crippen LogP contribution in [0.1, 0.15) is 52.4 Å². The van der Waals surface area contributed by atoms with Crippen molar-refractivity contribution < 1.29 is 4.79 Å². The molecule has 68 valence electrons. The molecule has 0 bridgehead atoms. The highest BCUT2D eigenvalue weighted by Crippen LogP contribution is 2.73. The predicted octanol–water partition coefficient (Wildman–Crippen LogP) is 2.94. The molecule has 0 aromatic heterocycles. The van der Waals surface area contributed by atoms with E-state index in [1.165, 1.54) is 32.1 Å². The summed E-state index contributed by atoms with van der Waals surface area (Å²) in [4.78, 5) is 11.5. The van der Waals surface area contributed by atoms with Gasteiger partial charge in [-0.2, -0.15) is 0 Å². The summed E-state index contributed by atoms with van der Waals surface area (Å²) in [6.07, 6.45) is 7.11. The summed E-state index contributed by atoms with van der Waals surface area (Å²) in [5.41, 5.74) is 0.599. The van der Waals surface area contributed by atoms with Crippen molar-refractivity contribution in [3.63, 3.8) is 0 Å². The molecule has 0 amide bonds. The first-order valence-corrected chi connectivity index (χ1v) is 5.18. The van der Waals surface area contributed by atoms with E-state index in [-0.39, 0.29) is 5.41 Å². The summed E-state index contributed by atoms with van der Waals surface area (Å²) < 4.78 is 0. The molecule has 1 nitrogen and oxygen atoms in total. The van der Waals surface area contributed by atoms with E-state index < -0.39 is 0 Å². The first-order chi connectivity index (χ1) is 5.65. The maximum atomic E-state index is 11.5. The van der Waals surface area contributed by atoms with Crippen LogP contribution in [0, 0.1) is 10.8 Å². The summed E-state index contributed by atoms with van der Waals surface area (Å²) in [7, 11) is 0. The molecule has 0 heterocycles. The van der Waals surface area contributed by atoms with E-state index in [0.29, 0.717) is 11.2 Å². The second-order valence-electron chi connectivity index (χ2n) is 4.82. The maximum Gasteiger partial charge on any atom is 0.139 e. The van der Waals surface area contributed by atoms with Gasteiger partial charge in [0.2, 0.25) is 0 Å². The molecule has 0 radical (unpaired) electrons. The van der Waals surface area contributed by atoms with Crippen LogP contribution in [0.3, 0.4) is 0 Å². The van der Waals surface area contributed by atoms with Crippen molar-refractivity contribution in [2.24, 2.45) is 10.8 Å². The van der Waals surface area contributed by atoms with Crippen molar-refractivity contribution in [3.8, 4) is 0 Å². The zero-order valence-corrected chi connectivity index (χ0v) is 8.15. The third-order valence-corrected chi connectivity index (χ3v) is 4.19. The number of hydrogen-bond acceptors (Lipinski definition) is 1. The highest BCUT2D eigenvalue weighted by atomic mass is 16.1. The van der Waals surface area contributed by atoms with E-state index >= 15 is 0 Å². The average Bonchev–Trinajstić information content (AvgIpc) is 2.59. The lowest BCUT2D eigenvalue weighted by Gasteiger charge is -2.12. The minimum absolute atomic E-state index is 0.127. The summed E-state index contributed by atoms with van der Waals surface area (Å²) >= 11 is 0. The van der Waals surface area contributed by atoms with Crippen LogP contribution in [0.4, 0.5) is 0 Å². The van der Waals surface area contributed by atoms with Gasteiger partial charge in [-0.25, -0.2) is 0 Å². The SMILES string of the molecule is CCCC[C@@]12CCC(=O)[C@]1(C)C2. The lowest BCUT2D eigenvalue weighted by molar-refractivity contribution is -0.122. The molecule has 1 heteroatoms. The van der Waals surface area contributed by atoms with Gasteiger partial charge >= 0.3 is 0 Å². The quantitative estimate of drug-likeness (QED) is 0.630. The Morgan fingerprint density at radius 3 is 2.67 bits per heavy atom. The lowest BCUT2D eigenvalue weighted by Crippen LogP contribution is -2.10. The van der Waals surface area contributed by atoms with Gasteiger partial charge in [-0.05, 0) is 24.7 Å². The fourth-order valence-corrected chi connectivity index (χ4v) is 3.02. The molecule has 2 fully saturated rings. The van der Waals surface area contributed by atoms with Crippen LogP contribution < -0.4 is 0 Å². The molecule has 0 aromatic rings. The van der Waals surface area contributed by atoms with Crippen molar-refractivity contribution in [3.05, 3.63) is 0 Å². The zero-order chi connectivity index (χ0) is 8.82. The minimum atomic E-state index is 0.127. The van der Waals surface area contributed by atoms with Crippen molar-refractivity contribution in [1.82, 2.24) is 0 Å². The fraction of sp³-hybridized carbons (Fsp3) is 0.909. The lowest BCUT2D eigenvalue weighted by atomic mass is 9.92. The largest absolute Gasteiger partial charge is 0.299 e. The molecular formula is C11H18O. The molecule has 2 saturated carbocycles. The molecule has 2 rings (SSSR count). The van der Waals surface area contributed by atoms with Gasteiger partial charge in [0, 0.05) is 11.8 Å². The molecule has 0 unspecified atom stereocenters. The van der Waals surface area contributed by atoms with Gasteiger partial charge in [0.1, 0.15) is 5.78 Å². The van der Waals surface area contributed by atoms with E-state index in [9.17, 15) is 4.79 Å². The first-order valence-electron chi connectivity index (χ1n) is 5.18. The number of rotatable bonds is 3. The van der Waals surface area contributed by atoms with E-state index in [1.807, 2.05) is 0 Å². The summed E-state index contributed by atoms with van der Waals surface area (Å²) in [5, 5.41) is 0. The van der Waals surface area contributed by atoms with Gasteiger partial charge in [-0.1, -0.05) is 26.7 Å². The molecule has 0 N–H and O–H groups in total. The van der Waals surface area contributed by atoms with E-state index in [2.05, 4.69) is 13.8 Å². The van der Waals surface area contributed by atoms with Crippen LogP contribution >= 0.6 is 0 Å². The summed E-state index contributed by atoms with van der Waals surface area (Å²) in [6, 6.07) is 0. The number of carbonyl (C=O) groups is 1. The van der Waals surface area contributed by atoms with E-state index in [0.717, 1.165) is 6.42 Å². The molecule has 12 heavy (non-hydrogen) atoms. The average molecular weight is 166 g/mol. The molecule has 0 saturated heterocycles. The van der Waals surface area contributed by atoms with Gasteiger partial charge < -0.3 is 0 Å². The monoisotopic (exact) mass is 166 g/mol. The second-order valence-corrected chi connectivity index (χ2v) is 4.82. The molecular weight excluding hydrogens is 148 g/mol. The van der Waals surface area contributed by atoms with Crippen LogP contribution in [0.2, 0.25) is 0 Å². The molecule has 0 spiro atoms. The first kappa shape index (κ1) is 8.28. The number of fused-ring (bicyclic) bond motifs is 1. The van der Waals surface area contributed by atoms with Gasteiger partial charge in [0.15, 0.2) is 0 Å². The number of hydrogen-bond donors (Lipinski definition) is 0. The highest BCUT2D eigenvalue weighted by Gasteiger charge is 2.70. The number of ketones is 1. The van der Waals surface area contributed by atoms with E-state index in [1.54, 1.807) is 0 Å².